The Balaban J connectivity index is 1.64. The van der Waals surface area contributed by atoms with Gasteiger partial charge in [-0.2, -0.15) is 13.2 Å². The van der Waals surface area contributed by atoms with Crippen LogP contribution in [-0.2, 0) is 20.4 Å². The van der Waals surface area contributed by atoms with Gasteiger partial charge in [-0.3, -0.25) is 4.79 Å². The molecule has 0 aromatic heterocycles. The number of carbonyl (C=O) groups excluding carboxylic acids is 1. The standard InChI is InChI=1S/C23H30F3NO3/c1-21(2)16-12-17-19(14-5-4-6-15(11-14)23(24,25)26)30-10-8-22(17,13-16)20(21)27-18(28)7-9-29-3/h4-6,11,16-17,19-20H,7-10,12-13H2,1-3H3,(H,27,28)/t16-,17-,19-,20-,22-/m1/s1. The summed E-state index contributed by atoms with van der Waals surface area (Å²) in [5.41, 5.74) is -0.261. The average Bonchev–Trinajstić information content (AvgIpc) is 3.18. The number of hydrogen-bond acceptors (Lipinski definition) is 3. The van der Waals surface area contributed by atoms with Crippen LogP contribution in [-0.4, -0.2) is 32.3 Å². The second kappa shape index (κ2) is 7.52. The monoisotopic (exact) mass is 425 g/mol. The normalized spacial score (nSPS) is 34.6. The summed E-state index contributed by atoms with van der Waals surface area (Å²) in [5.74, 6) is 0.475. The van der Waals surface area contributed by atoms with Crippen molar-refractivity contribution in [3.8, 4) is 0 Å². The Hall–Kier alpha value is -1.60. The first-order valence-electron chi connectivity index (χ1n) is 10.7. The van der Waals surface area contributed by atoms with Gasteiger partial charge in [-0.15, -0.1) is 0 Å². The highest BCUT2D eigenvalue weighted by Gasteiger charge is 2.68. The number of hydrogen-bond donors (Lipinski definition) is 1. The van der Waals surface area contributed by atoms with E-state index in [0.717, 1.165) is 25.3 Å². The summed E-state index contributed by atoms with van der Waals surface area (Å²) in [6.45, 7) is 5.27. The number of ether oxygens (including phenoxy) is 2. The molecule has 1 spiro atoms. The van der Waals surface area contributed by atoms with Crippen LogP contribution in [0.1, 0.15) is 56.8 Å². The molecule has 0 unspecified atom stereocenters. The predicted octanol–water partition coefficient (Wildman–Crippen LogP) is 4.74. The molecular formula is C23H30F3NO3. The van der Waals surface area contributed by atoms with Crippen LogP contribution in [0.15, 0.2) is 24.3 Å². The van der Waals surface area contributed by atoms with Crippen molar-refractivity contribution >= 4 is 5.91 Å². The predicted molar refractivity (Wildman–Crippen MR) is 106 cm³/mol. The minimum atomic E-state index is -4.38. The van der Waals surface area contributed by atoms with Crippen LogP contribution in [0, 0.1) is 22.7 Å². The number of methoxy groups -OCH3 is 1. The van der Waals surface area contributed by atoms with Crippen molar-refractivity contribution < 1.29 is 27.4 Å². The summed E-state index contributed by atoms with van der Waals surface area (Å²) < 4.78 is 50.9. The van der Waals surface area contributed by atoms with Crippen LogP contribution < -0.4 is 5.32 Å². The third-order valence-electron chi connectivity index (χ3n) is 7.89. The lowest BCUT2D eigenvalue weighted by Gasteiger charge is -2.53. The van der Waals surface area contributed by atoms with Gasteiger partial charge in [-0.25, -0.2) is 0 Å². The first-order valence-corrected chi connectivity index (χ1v) is 10.7. The fourth-order valence-electron chi connectivity index (χ4n) is 6.44. The number of fused-ring (bicyclic) bond motifs is 1. The largest absolute Gasteiger partial charge is 0.416 e. The number of nitrogens with one attached hydrogen (secondary N) is 1. The number of alkyl halides is 3. The number of carbonyl (C=O) groups is 1. The van der Waals surface area contributed by atoms with Crippen LogP contribution in [0.25, 0.3) is 0 Å². The third-order valence-corrected chi connectivity index (χ3v) is 7.89. The van der Waals surface area contributed by atoms with E-state index in [1.54, 1.807) is 13.2 Å². The van der Waals surface area contributed by atoms with Crippen molar-refractivity contribution in [2.45, 2.75) is 57.9 Å². The van der Waals surface area contributed by atoms with Gasteiger partial charge in [0.1, 0.15) is 0 Å². The van der Waals surface area contributed by atoms with Crippen LogP contribution in [0.5, 0.6) is 0 Å². The second-order valence-electron chi connectivity index (χ2n) is 9.71. The summed E-state index contributed by atoms with van der Waals surface area (Å²) >= 11 is 0. The van der Waals surface area contributed by atoms with Gasteiger partial charge in [0, 0.05) is 26.2 Å². The zero-order valence-corrected chi connectivity index (χ0v) is 17.7. The summed E-state index contributed by atoms with van der Waals surface area (Å²) in [5, 5.41) is 3.28. The lowest BCUT2D eigenvalue weighted by Crippen LogP contribution is -2.59. The van der Waals surface area contributed by atoms with Gasteiger partial charge < -0.3 is 14.8 Å². The van der Waals surface area contributed by atoms with Crippen molar-refractivity contribution in [2.75, 3.05) is 20.3 Å². The molecule has 1 N–H and O–H groups in total. The van der Waals surface area contributed by atoms with Crippen LogP contribution >= 0.6 is 0 Å². The Bertz CT molecular complexity index is 809. The maximum absolute atomic E-state index is 13.3. The van der Waals surface area contributed by atoms with Crippen LogP contribution in [0.2, 0.25) is 0 Å². The van der Waals surface area contributed by atoms with Gasteiger partial charge in [-0.1, -0.05) is 26.0 Å². The Morgan fingerprint density at radius 1 is 1.33 bits per heavy atom. The van der Waals surface area contributed by atoms with Gasteiger partial charge in [0.15, 0.2) is 0 Å². The van der Waals surface area contributed by atoms with Crippen molar-refractivity contribution in [1.82, 2.24) is 5.32 Å². The summed E-state index contributed by atoms with van der Waals surface area (Å²) in [7, 11) is 1.57. The summed E-state index contributed by atoms with van der Waals surface area (Å²) in [6.07, 6.45) is -1.72. The van der Waals surface area contributed by atoms with E-state index in [2.05, 4.69) is 19.2 Å². The molecule has 166 valence electrons. The SMILES string of the molecule is COCCC(=O)N[C@@H]1C(C)(C)[C@@H]2C[C@@H]3[C@@H](c4cccc(C(F)(F)F)c4)OCC[C@@]31C2. The second-order valence-corrected chi connectivity index (χ2v) is 9.71. The minimum Gasteiger partial charge on any atom is -0.384 e. The molecule has 0 radical (unpaired) electrons. The fourth-order valence-corrected chi connectivity index (χ4v) is 6.44. The fraction of sp³-hybridized carbons (Fsp3) is 0.696. The van der Waals surface area contributed by atoms with E-state index in [1.807, 2.05) is 0 Å². The van der Waals surface area contributed by atoms with Gasteiger partial charge in [0.2, 0.25) is 5.91 Å². The molecule has 1 aromatic rings. The molecule has 5 atom stereocenters. The highest BCUT2D eigenvalue weighted by molar-refractivity contribution is 5.76. The number of benzene rings is 1. The van der Waals surface area contributed by atoms with Crippen molar-refractivity contribution in [3.63, 3.8) is 0 Å². The molecule has 3 fully saturated rings. The van der Waals surface area contributed by atoms with Gasteiger partial charge >= 0.3 is 6.18 Å². The highest BCUT2D eigenvalue weighted by Crippen LogP contribution is 2.70. The molecule has 2 saturated carbocycles. The highest BCUT2D eigenvalue weighted by atomic mass is 19.4. The average molecular weight is 425 g/mol. The maximum atomic E-state index is 13.3. The third kappa shape index (κ3) is 3.44. The first-order chi connectivity index (χ1) is 14.1. The zero-order valence-electron chi connectivity index (χ0n) is 17.7. The van der Waals surface area contributed by atoms with E-state index >= 15 is 0 Å². The molecule has 4 nitrogen and oxygen atoms in total. The van der Waals surface area contributed by atoms with E-state index in [4.69, 9.17) is 9.47 Å². The molecule has 1 amide bonds. The number of rotatable bonds is 5. The topological polar surface area (TPSA) is 47.6 Å². The van der Waals surface area contributed by atoms with Gasteiger partial charge in [-0.05, 0) is 59.6 Å². The quantitative estimate of drug-likeness (QED) is 0.741. The smallest absolute Gasteiger partial charge is 0.384 e. The Labute approximate surface area is 175 Å². The molecule has 2 bridgehead atoms. The van der Waals surface area contributed by atoms with Crippen LogP contribution in [0.3, 0.4) is 0 Å². The molecule has 4 rings (SSSR count). The van der Waals surface area contributed by atoms with Crippen molar-refractivity contribution in [1.29, 1.82) is 0 Å². The molecule has 1 saturated heterocycles. The lowest BCUT2D eigenvalue weighted by molar-refractivity contribution is -0.140. The Morgan fingerprint density at radius 3 is 2.80 bits per heavy atom. The van der Waals surface area contributed by atoms with Gasteiger partial charge in [0.25, 0.3) is 0 Å². The van der Waals surface area contributed by atoms with Crippen molar-refractivity contribution in [2.24, 2.45) is 22.7 Å². The molecule has 30 heavy (non-hydrogen) atoms. The molecule has 3 aliphatic rings. The minimum absolute atomic E-state index is 0.0182. The first kappa shape index (κ1) is 21.6. The molecule has 2 aliphatic carbocycles. The van der Waals surface area contributed by atoms with Gasteiger partial charge in [0.05, 0.1) is 18.3 Å². The zero-order chi connectivity index (χ0) is 21.7. The molecule has 1 heterocycles. The van der Waals surface area contributed by atoms with E-state index in [-0.39, 0.29) is 34.8 Å². The van der Waals surface area contributed by atoms with E-state index in [1.165, 1.54) is 12.1 Å². The number of halogens is 3. The van der Waals surface area contributed by atoms with E-state index < -0.39 is 11.7 Å². The molecule has 1 aliphatic heterocycles. The molecular weight excluding hydrogens is 395 g/mol. The Morgan fingerprint density at radius 2 is 2.10 bits per heavy atom. The molecule has 1 aromatic carbocycles. The summed E-state index contributed by atoms with van der Waals surface area (Å²) in [6, 6.07) is 5.51. The maximum Gasteiger partial charge on any atom is 0.416 e. The van der Waals surface area contributed by atoms with E-state index in [0.29, 0.717) is 31.1 Å². The van der Waals surface area contributed by atoms with Crippen LogP contribution in [0.4, 0.5) is 13.2 Å². The molecule has 7 heteroatoms. The Kier molecular flexibility index (Phi) is 5.42. The number of amides is 1. The summed E-state index contributed by atoms with van der Waals surface area (Å²) in [4.78, 5) is 12.6. The van der Waals surface area contributed by atoms with E-state index in [9.17, 15) is 18.0 Å². The van der Waals surface area contributed by atoms with Crippen molar-refractivity contribution in [3.05, 3.63) is 35.4 Å². The lowest BCUT2D eigenvalue weighted by atomic mass is 9.58.